The number of sulfonamides is 1. The SMILES string of the molecule is Cl.O=S(=O)(c1ccc(Cl)cc1)N1CCN(CC2CCCNC2)CC1. The predicted octanol–water partition coefficient (Wildman–Crippen LogP) is 2.07. The van der Waals surface area contributed by atoms with Crippen LogP contribution in [-0.2, 0) is 10.0 Å². The monoisotopic (exact) mass is 393 g/mol. The van der Waals surface area contributed by atoms with Crippen molar-refractivity contribution in [3.05, 3.63) is 29.3 Å². The van der Waals surface area contributed by atoms with Crippen molar-refractivity contribution in [2.45, 2.75) is 17.7 Å². The van der Waals surface area contributed by atoms with Gasteiger partial charge in [0.05, 0.1) is 4.90 Å². The molecule has 136 valence electrons. The lowest BCUT2D eigenvalue weighted by Crippen LogP contribution is -2.50. The molecule has 24 heavy (non-hydrogen) atoms. The third-order valence-electron chi connectivity index (χ3n) is 4.70. The normalized spacial score (nSPS) is 23.6. The third kappa shape index (κ3) is 4.84. The Morgan fingerprint density at radius 3 is 2.38 bits per heavy atom. The number of nitrogens with one attached hydrogen (secondary N) is 1. The summed E-state index contributed by atoms with van der Waals surface area (Å²) < 4.78 is 26.9. The van der Waals surface area contributed by atoms with Crippen molar-refractivity contribution in [1.82, 2.24) is 14.5 Å². The highest BCUT2D eigenvalue weighted by atomic mass is 35.5. The minimum Gasteiger partial charge on any atom is -0.316 e. The molecule has 2 saturated heterocycles. The van der Waals surface area contributed by atoms with E-state index in [1.165, 1.54) is 12.8 Å². The third-order valence-corrected chi connectivity index (χ3v) is 6.86. The van der Waals surface area contributed by atoms with Gasteiger partial charge < -0.3 is 10.2 Å². The van der Waals surface area contributed by atoms with Crippen molar-refractivity contribution in [1.29, 1.82) is 0 Å². The van der Waals surface area contributed by atoms with Gasteiger partial charge in [-0.05, 0) is 56.1 Å². The molecule has 5 nitrogen and oxygen atoms in total. The summed E-state index contributed by atoms with van der Waals surface area (Å²) >= 11 is 5.84. The molecule has 3 rings (SSSR count). The van der Waals surface area contributed by atoms with E-state index in [0.717, 1.165) is 32.7 Å². The van der Waals surface area contributed by atoms with E-state index >= 15 is 0 Å². The molecule has 0 amide bonds. The summed E-state index contributed by atoms with van der Waals surface area (Å²) in [5.74, 6) is 0.697. The van der Waals surface area contributed by atoms with Crippen LogP contribution in [0.25, 0.3) is 0 Å². The Morgan fingerprint density at radius 1 is 1.12 bits per heavy atom. The van der Waals surface area contributed by atoms with E-state index in [1.54, 1.807) is 28.6 Å². The minimum absolute atomic E-state index is 0. The van der Waals surface area contributed by atoms with Crippen LogP contribution in [0.1, 0.15) is 12.8 Å². The maximum Gasteiger partial charge on any atom is 0.243 e. The predicted molar refractivity (Wildman–Crippen MR) is 99.5 cm³/mol. The molecule has 2 aliphatic rings. The van der Waals surface area contributed by atoms with Gasteiger partial charge in [-0.1, -0.05) is 11.6 Å². The second-order valence-corrected chi connectivity index (χ2v) is 8.75. The van der Waals surface area contributed by atoms with Crippen molar-refractivity contribution in [2.24, 2.45) is 5.92 Å². The van der Waals surface area contributed by atoms with Gasteiger partial charge in [0.15, 0.2) is 0 Å². The maximum atomic E-state index is 12.6. The lowest BCUT2D eigenvalue weighted by atomic mass is 9.99. The van der Waals surface area contributed by atoms with E-state index in [1.807, 2.05) is 0 Å². The zero-order valence-electron chi connectivity index (χ0n) is 13.7. The van der Waals surface area contributed by atoms with Crippen LogP contribution in [0.5, 0.6) is 0 Å². The van der Waals surface area contributed by atoms with E-state index in [2.05, 4.69) is 10.2 Å². The summed E-state index contributed by atoms with van der Waals surface area (Å²) in [6.45, 7) is 6.03. The molecule has 1 aromatic carbocycles. The standard InChI is InChI=1S/C16H24ClN3O2S.ClH/c17-15-3-5-16(6-4-15)23(21,22)20-10-8-19(9-11-20)13-14-2-1-7-18-12-14;/h3-6,14,18H,1-2,7-13H2;1H. The number of hydrogen-bond acceptors (Lipinski definition) is 4. The van der Waals surface area contributed by atoms with E-state index in [0.29, 0.717) is 28.9 Å². The Labute approximate surface area is 155 Å². The van der Waals surface area contributed by atoms with Crippen LogP contribution < -0.4 is 5.32 Å². The van der Waals surface area contributed by atoms with E-state index in [9.17, 15) is 8.42 Å². The Kier molecular flexibility index (Phi) is 7.34. The average Bonchev–Trinajstić information content (AvgIpc) is 2.57. The van der Waals surface area contributed by atoms with Gasteiger partial charge in [-0.25, -0.2) is 8.42 Å². The first-order valence-corrected chi connectivity index (χ1v) is 10.1. The Hall–Kier alpha value is -0.370. The Morgan fingerprint density at radius 2 is 1.79 bits per heavy atom. The molecule has 2 heterocycles. The fraction of sp³-hybridized carbons (Fsp3) is 0.625. The van der Waals surface area contributed by atoms with Crippen LogP contribution >= 0.6 is 24.0 Å². The first-order valence-electron chi connectivity index (χ1n) is 8.24. The smallest absolute Gasteiger partial charge is 0.243 e. The summed E-state index contributed by atoms with van der Waals surface area (Å²) in [5.41, 5.74) is 0. The van der Waals surface area contributed by atoms with Crippen LogP contribution in [-0.4, -0.2) is 63.4 Å². The van der Waals surface area contributed by atoms with E-state index in [4.69, 9.17) is 11.6 Å². The zero-order chi connectivity index (χ0) is 16.3. The Bertz CT molecular complexity index is 611. The van der Waals surface area contributed by atoms with Crippen molar-refractivity contribution < 1.29 is 8.42 Å². The number of nitrogens with zero attached hydrogens (tertiary/aromatic N) is 2. The van der Waals surface area contributed by atoms with Gasteiger partial charge in [0.1, 0.15) is 0 Å². The molecule has 1 atom stereocenters. The summed E-state index contributed by atoms with van der Waals surface area (Å²) in [6.07, 6.45) is 2.52. The van der Waals surface area contributed by atoms with Gasteiger partial charge in [0.2, 0.25) is 10.0 Å². The van der Waals surface area contributed by atoms with Crippen LogP contribution in [0.15, 0.2) is 29.2 Å². The van der Waals surface area contributed by atoms with E-state index in [-0.39, 0.29) is 12.4 Å². The van der Waals surface area contributed by atoms with Crippen molar-refractivity contribution in [3.8, 4) is 0 Å². The number of benzene rings is 1. The number of hydrogen-bond donors (Lipinski definition) is 1. The van der Waals surface area contributed by atoms with Crippen molar-refractivity contribution in [2.75, 3.05) is 45.8 Å². The highest BCUT2D eigenvalue weighted by Crippen LogP contribution is 2.20. The molecule has 1 aromatic rings. The number of piperazine rings is 1. The van der Waals surface area contributed by atoms with E-state index < -0.39 is 10.0 Å². The maximum absolute atomic E-state index is 12.6. The van der Waals surface area contributed by atoms with Crippen LogP contribution in [0.2, 0.25) is 5.02 Å². The number of halogens is 2. The summed E-state index contributed by atoms with van der Waals surface area (Å²) in [5, 5.41) is 3.99. The summed E-state index contributed by atoms with van der Waals surface area (Å²) in [7, 11) is -3.40. The van der Waals surface area contributed by atoms with Gasteiger partial charge in [0, 0.05) is 37.7 Å². The molecular weight excluding hydrogens is 369 g/mol. The molecule has 0 bridgehead atoms. The Balaban J connectivity index is 0.00000208. The molecule has 2 aliphatic heterocycles. The van der Waals surface area contributed by atoms with Gasteiger partial charge in [-0.3, -0.25) is 0 Å². The lowest BCUT2D eigenvalue weighted by molar-refractivity contribution is 0.154. The van der Waals surface area contributed by atoms with Gasteiger partial charge >= 0.3 is 0 Å². The van der Waals surface area contributed by atoms with Gasteiger partial charge in [-0.2, -0.15) is 4.31 Å². The summed E-state index contributed by atoms with van der Waals surface area (Å²) in [4.78, 5) is 2.72. The molecule has 8 heteroatoms. The molecule has 0 spiro atoms. The van der Waals surface area contributed by atoms with Crippen molar-refractivity contribution >= 4 is 34.0 Å². The summed E-state index contributed by atoms with van der Waals surface area (Å²) in [6, 6.07) is 6.41. The molecule has 1 unspecified atom stereocenters. The topological polar surface area (TPSA) is 52.7 Å². The second kappa shape index (κ2) is 8.83. The molecular formula is C16H25Cl2N3O2S. The minimum atomic E-state index is -3.40. The zero-order valence-corrected chi connectivity index (χ0v) is 16.0. The second-order valence-electron chi connectivity index (χ2n) is 6.37. The van der Waals surface area contributed by atoms with Crippen molar-refractivity contribution in [3.63, 3.8) is 0 Å². The lowest BCUT2D eigenvalue weighted by Gasteiger charge is -2.36. The fourth-order valence-corrected chi connectivity index (χ4v) is 4.90. The first kappa shape index (κ1) is 19.9. The van der Waals surface area contributed by atoms with Crippen LogP contribution in [0.3, 0.4) is 0 Å². The molecule has 0 saturated carbocycles. The highest BCUT2D eigenvalue weighted by molar-refractivity contribution is 7.89. The molecule has 0 aliphatic carbocycles. The first-order chi connectivity index (χ1) is 11.1. The fourth-order valence-electron chi connectivity index (χ4n) is 3.35. The molecule has 2 fully saturated rings. The molecule has 1 N–H and O–H groups in total. The van der Waals surface area contributed by atoms with Gasteiger partial charge in [-0.15, -0.1) is 12.4 Å². The highest BCUT2D eigenvalue weighted by Gasteiger charge is 2.29. The number of piperidine rings is 1. The quantitative estimate of drug-likeness (QED) is 0.850. The molecule has 0 aromatic heterocycles. The number of rotatable bonds is 4. The largest absolute Gasteiger partial charge is 0.316 e. The van der Waals surface area contributed by atoms with Crippen LogP contribution in [0.4, 0.5) is 0 Å². The van der Waals surface area contributed by atoms with Gasteiger partial charge in [0.25, 0.3) is 0 Å². The average molecular weight is 394 g/mol. The van der Waals surface area contributed by atoms with Crippen LogP contribution in [0, 0.1) is 5.92 Å². The molecule has 0 radical (unpaired) electrons.